The number of rotatable bonds is 2. The molecule has 0 aliphatic heterocycles. The molecule has 1 radical (unpaired) electrons. The van der Waals surface area contributed by atoms with Crippen LogP contribution in [0.2, 0.25) is 0 Å². The van der Waals surface area contributed by atoms with Gasteiger partial charge in [-0.05, 0) is 24.3 Å². The van der Waals surface area contributed by atoms with Crippen molar-refractivity contribution in [2.45, 2.75) is 0 Å². The normalized spacial score (nSPS) is 11.2. The Balaban J connectivity index is 3.04. The molecule has 0 aromatic heterocycles. The predicted molar refractivity (Wildman–Crippen MR) is 42.1 cm³/mol. The molecule has 1 aromatic carbocycles. The summed E-state index contributed by atoms with van der Waals surface area (Å²) in [7, 11) is 0. The van der Waals surface area contributed by atoms with Crippen LogP contribution in [0, 0.1) is 0 Å². The molecule has 2 N–H and O–H groups in total. The van der Waals surface area contributed by atoms with E-state index >= 15 is 0 Å². The van der Waals surface area contributed by atoms with Gasteiger partial charge in [-0.25, -0.2) is 0 Å². The van der Waals surface area contributed by atoms with E-state index in [0.717, 1.165) is 0 Å². The summed E-state index contributed by atoms with van der Waals surface area (Å²) in [5.41, 5.74) is 0.223. The molecular formula is C8H6NO3. The first kappa shape index (κ1) is 8.26. The van der Waals surface area contributed by atoms with Gasteiger partial charge >= 0.3 is 0 Å². The van der Waals surface area contributed by atoms with Crippen LogP contribution in [0.15, 0.2) is 29.4 Å². The van der Waals surface area contributed by atoms with Crippen LogP contribution in [0.4, 0.5) is 0 Å². The fourth-order valence-corrected chi connectivity index (χ4v) is 0.756. The average Bonchev–Trinajstić information content (AvgIpc) is 2.10. The molecular weight excluding hydrogens is 158 g/mol. The van der Waals surface area contributed by atoms with E-state index < -0.39 is 0 Å². The SMILES string of the molecule is O=[C]C(=NO)c1ccc(O)cc1. The lowest BCUT2D eigenvalue weighted by atomic mass is 10.1. The zero-order valence-electron chi connectivity index (χ0n) is 6.06. The number of carbonyl (C=O) groups excluding carboxylic acids is 1. The smallest absolute Gasteiger partial charge is 0.257 e. The molecule has 4 nitrogen and oxygen atoms in total. The van der Waals surface area contributed by atoms with E-state index in [1.165, 1.54) is 30.6 Å². The van der Waals surface area contributed by atoms with Gasteiger partial charge in [0.2, 0.25) is 0 Å². The number of phenolic OH excluding ortho intramolecular Hbond substituents is 1. The van der Waals surface area contributed by atoms with Gasteiger partial charge in [-0.15, -0.1) is 0 Å². The van der Waals surface area contributed by atoms with Crippen molar-refractivity contribution in [2.75, 3.05) is 0 Å². The lowest BCUT2D eigenvalue weighted by Gasteiger charge is -1.95. The molecule has 0 heterocycles. The Bertz CT molecular complexity index is 303. The first-order valence-electron chi connectivity index (χ1n) is 3.17. The van der Waals surface area contributed by atoms with Gasteiger partial charge in [-0.2, -0.15) is 0 Å². The molecule has 0 saturated heterocycles. The van der Waals surface area contributed by atoms with E-state index in [9.17, 15) is 4.79 Å². The summed E-state index contributed by atoms with van der Waals surface area (Å²) in [5.74, 6) is 0.0851. The van der Waals surface area contributed by atoms with Crippen molar-refractivity contribution in [2.24, 2.45) is 5.16 Å². The zero-order valence-corrected chi connectivity index (χ0v) is 6.06. The van der Waals surface area contributed by atoms with Crippen LogP contribution in [-0.4, -0.2) is 22.3 Å². The zero-order chi connectivity index (χ0) is 8.97. The van der Waals surface area contributed by atoms with E-state index in [4.69, 9.17) is 10.3 Å². The second kappa shape index (κ2) is 3.52. The second-order valence-electron chi connectivity index (χ2n) is 2.10. The van der Waals surface area contributed by atoms with Gasteiger partial charge in [-0.1, -0.05) is 5.16 Å². The van der Waals surface area contributed by atoms with Crippen LogP contribution in [0.25, 0.3) is 0 Å². The molecule has 0 aliphatic carbocycles. The van der Waals surface area contributed by atoms with Crippen molar-refractivity contribution < 1.29 is 15.1 Å². The number of benzene rings is 1. The molecule has 0 bridgehead atoms. The molecule has 0 spiro atoms. The number of oxime groups is 1. The average molecular weight is 164 g/mol. The first-order valence-corrected chi connectivity index (χ1v) is 3.17. The molecule has 0 amide bonds. The standard InChI is InChI=1S/C8H6NO3/c10-5-8(9-12)6-1-3-7(11)4-2-6/h1-4,11-12H. The summed E-state index contributed by atoms with van der Waals surface area (Å²) >= 11 is 0. The van der Waals surface area contributed by atoms with E-state index in [2.05, 4.69) is 5.16 Å². The van der Waals surface area contributed by atoms with Gasteiger partial charge in [0.15, 0.2) is 5.71 Å². The van der Waals surface area contributed by atoms with Gasteiger partial charge in [0.1, 0.15) is 5.75 Å². The van der Waals surface area contributed by atoms with Crippen LogP contribution in [0.1, 0.15) is 5.56 Å². The minimum Gasteiger partial charge on any atom is -0.508 e. The Hall–Kier alpha value is -1.84. The molecule has 0 unspecified atom stereocenters. The van der Waals surface area contributed by atoms with Crippen LogP contribution in [-0.2, 0) is 4.79 Å². The lowest BCUT2D eigenvalue weighted by molar-refractivity contribution is 0.320. The lowest BCUT2D eigenvalue weighted by Crippen LogP contribution is -2.00. The summed E-state index contributed by atoms with van der Waals surface area (Å²) in [6.45, 7) is 0. The van der Waals surface area contributed by atoms with E-state index in [1.54, 1.807) is 0 Å². The van der Waals surface area contributed by atoms with E-state index in [-0.39, 0.29) is 11.5 Å². The van der Waals surface area contributed by atoms with Crippen LogP contribution in [0.3, 0.4) is 0 Å². The Morgan fingerprint density at radius 1 is 1.33 bits per heavy atom. The van der Waals surface area contributed by atoms with Crippen molar-refractivity contribution in [3.8, 4) is 5.75 Å². The van der Waals surface area contributed by atoms with E-state index in [0.29, 0.717) is 5.56 Å². The Labute approximate surface area is 68.8 Å². The molecule has 0 fully saturated rings. The van der Waals surface area contributed by atoms with Gasteiger partial charge in [0, 0.05) is 5.56 Å². The van der Waals surface area contributed by atoms with Crippen LogP contribution >= 0.6 is 0 Å². The summed E-state index contributed by atoms with van der Waals surface area (Å²) in [6.07, 6.45) is 1.46. The Kier molecular flexibility index (Phi) is 2.42. The summed E-state index contributed by atoms with van der Waals surface area (Å²) in [6, 6.07) is 5.68. The molecule has 1 aromatic rings. The van der Waals surface area contributed by atoms with E-state index in [1.807, 2.05) is 0 Å². The maximum Gasteiger partial charge on any atom is 0.257 e. The fraction of sp³-hybridized carbons (Fsp3) is 0. The topological polar surface area (TPSA) is 69.9 Å². The van der Waals surface area contributed by atoms with Gasteiger partial charge < -0.3 is 10.3 Å². The highest BCUT2D eigenvalue weighted by molar-refractivity contribution is 6.36. The molecule has 12 heavy (non-hydrogen) atoms. The number of hydrogen-bond donors (Lipinski definition) is 2. The first-order chi connectivity index (χ1) is 5.77. The molecule has 0 atom stereocenters. The molecule has 4 heteroatoms. The summed E-state index contributed by atoms with van der Waals surface area (Å²) in [4.78, 5) is 10.1. The van der Waals surface area contributed by atoms with Crippen LogP contribution < -0.4 is 0 Å². The summed E-state index contributed by atoms with van der Waals surface area (Å²) in [5, 5.41) is 19.9. The molecule has 0 aliphatic rings. The largest absolute Gasteiger partial charge is 0.508 e. The fourth-order valence-electron chi connectivity index (χ4n) is 0.756. The van der Waals surface area contributed by atoms with Crippen molar-refractivity contribution in [1.82, 2.24) is 0 Å². The predicted octanol–water partition coefficient (Wildman–Crippen LogP) is 0.680. The minimum absolute atomic E-state index is 0.0851. The maximum absolute atomic E-state index is 10.1. The molecule has 61 valence electrons. The Morgan fingerprint density at radius 2 is 1.92 bits per heavy atom. The number of hydrogen-bond acceptors (Lipinski definition) is 4. The summed E-state index contributed by atoms with van der Waals surface area (Å²) < 4.78 is 0. The minimum atomic E-state index is -0.185. The highest BCUT2D eigenvalue weighted by Gasteiger charge is 2.02. The monoisotopic (exact) mass is 164 g/mol. The molecule has 1 rings (SSSR count). The van der Waals surface area contributed by atoms with Crippen molar-refractivity contribution >= 4 is 12.0 Å². The van der Waals surface area contributed by atoms with Crippen molar-refractivity contribution in [3.63, 3.8) is 0 Å². The second-order valence-corrected chi connectivity index (χ2v) is 2.10. The number of aromatic hydroxyl groups is 1. The number of phenols is 1. The van der Waals surface area contributed by atoms with Gasteiger partial charge in [0.05, 0.1) is 0 Å². The van der Waals surface area contributed by atoms with Crippen LogP contribution in [0.5, 0.6) is 5.75 Å². The molecule has 0 saturated carbocycles. The third kappa shape index (κ3) is 1.60. The van der Waals surface area contributed by atoms with Crippen molar-refractivity contribution in [1.29, 1.82) is 0 Å². The Morgan fingerprint density at radius 3 is 2.33 bits per heavy atom. The number of nitrogens with zero attached hydrogens (tertiary/aromatic N) is 1. The maximum atomic E-state index is 10.1. The van der Waals surface area contributed by atoms with Crippen molar-refractivity contribution in [3.05, 3.63) is 29.8 Å². The van der Waals surface area contributed by atoms with Gasteiger partial charge in [0.25, 0.3) is 6.29 Å². The quantitative estimate of drug-likeness (QED) is 0.383. The van der Waals surface area contributed by atoms with Gasteiger partial charge in [-0.3, -0.25) is 4.79 Å². The highest BCUT2D eigenvalue weighted by atomic mass is 16.4. The highest BCUT2D eigenvalue weighted by Crippen LogP contribution is 2.09. The third-order valence-corrected chi connectivity index (χ3v) is 1.34. The third-order valence-electron chi connectivity index (χ3n) is 1.34.